The van der Waals surface area contributed by atoms with E-state index in [2.05, 4.69) is 209 Å². The average molecular weight is 820 g/mol. The maximum Gasteiger partial charge on any atom is 0.138 e. The lowest BCUT2D eigenvalue weighted by atomic mass is 9.91. The normalized spacial score (nSPS) is 12.9. The van der Waals surface area contributed by atoms with Gasteiger partial charge in [-0.3, -0.25) is 4.57 Å². The van der Waals surface area contributed by atoms with E-state index in [0.717, 1.165) is 29.7 Å². The van der Waals surface area contributed by atoms with Crippen molar-refractivity contribution < 1.29 is 0 Å². The summed E-state index contributed by atoms with van der Waals surface area (Å²) in [6, 6.07) is 67.4. The molecule has 0 atom stereocenters. The van der Waals surface area contributed by atoms with Crippen LogP contribution in [-0.4, -0.2) is 14.1 Å². The zero-order valence-corrected chi connectivity index (χ0v) is 35.0. The molecule has 0 saturated heterocycles. The Morgan fingerprint density at radius 1 is 0.397 bits per heavy atom. The van der Waals surface area contributed by atoms with Crippen LogP contribution in [0, 0.1) is 0 Å². The van der Waals surface area contributed by atoms with Crippen LogP contribution in [0.25, 0.3) is 125 Å². The molecule has 4 heteroatoms. The van der Waals surface area contributed by atoms with Crippen LogP contribution >= 0.6 is 11.3 Å². The molecular formula is C59H37N3S. The summed E-state index contributed by atoms with van der Waals surface area (Å²) in [6.07, 6.45) is 8.85. The number of aromatic nitrogens is 3. The Hall–Kier alpha value is -7.79. The van der Waals surface area contributed by atoms with E-state index in [0.29, 0.717) is 0 Å². The van der Waals surface area contributed by atoms with Crippen LogP contribution in [0.5, 0.6) is 0 Å². The summed E-state index contributed by atoms with van der Waals surface area (Å²) in [5.74, 6) is 0.928. The quantitative estimate of drug-likeness (QED) is 0.162. The monoisotopic (exact) mass is 819 g/mol. The summed E-state index contributed by atoms with van der Waals surface area (Å²) in [5, 5.41) is 14.1. The number of benzene rings is 9. The summed E-state index contributed by atoms with van der Waals surface area (Å²) in [6.45, 7) is 0. The van der Waals surface area contributed by atoms with Gasteiger partial charge in [0, 0.05) is 49.2 Å². The topological polar surface area (TPSA) is 22.8 Å². The fourth-order valence-electron chi connectivity index (χ4n) is 10.8. The first-order valence-electron chi connectivity index (χ1n) is 21.8. The van der Waals surface area contributed by atoms with Crippen LogP contribution < -0.4 is 0 Å². The molecular weight excluding hydrogens is 783 g/mol. The molecule has 1 aliphatic carbocycles. The van der Waals surface area contributed by atoms with Gasteiger partial charge in [0.05, 0.1) is 21.3 Å². The minimum atomic E-state index is 0.928. The molecule has 4 heterocycles. The first-order chi connectivity index (χ1) is 31.2. The summed E-state index contributed by atoms with van der Waals surface area (Å²) in [4.78, 5) is 5.16. The number of allylic oxidation sites excluding steroid dienone is 1. The molecule has 0 spiro atoms. The summed E-state index contributed by atoms with van der Waals surface area (Å²) >= 11 is 1.81. The minimum absolute atomic E-state index is 0.928. The van der Waals surface area contributed by atoms with E-state index < -0.39 is 0 Å². The molecule has 0 fully saturated rings. The molecule has 4 aromatic heterocycles. The lowest BCUT2D eigenvalue weighted by Crippen LogP contribution is -2.00. The highest BCUT2D eigenvalue weighted by molar-refractivity contribution is 7.25. The second kappa shape index (κ2) is 13.4. The molecule has 0 saturated carbocycles. The SMILES string of the molecule is C1=Cc2c(c3ccccc3n2-c2ccc3c(c2)c2ccccc2n3-c2cc3c(cn2)sc2ccc(-c4cccc(-c5ccc6c7ccccc7c7ccccc7c6c5)c4)cc23)CC1. The van der Waals surface area contributed by atoms with Crippen molar-refractivity contribution in [3.63, 3.8) is 0 Å². The van der Waals surface area contributed by atoms with Crippen molar-refractivity contribution in [2.24, 2.45) is 0 Å². The van der Waals surface area contributed by atoms with Gasteiger partial charge >= 0.3 is 0 Å². The molecule has 0 bridgehead atoms. The van der Waals surface area contributed by atoms with E-state index in [1.54, 1.807) is 0 Å². The van der Waals surface area contributed by atoms with Gasteiger partial charge in [0.15, 0.2) is 0 Å². The molecule has 0 N–H and O–H groups in total. The highest BCUT2D eigenvalue weighted by Crippen LogP contribution is 2.42. The standard InChI is InChI=1S/C59H37N3S/c1-2-16-43-41(14-1)42-15-3-4-17-44(42)49-31-38(24-27-45(43)49)36-12-11-13-37(30-36)39-25-29-57-51(32-39)52-34-59(60-35-58(52)63-57)62-55-23-10-7-20-48(55)50-33-40(26-28-56(50)62)61-53-21-8-5-18-46(53)47-19-6-9-22-54(47)61/h1-5,7-18,20-35H,6,19H2. The van der Waals surface area contributed by atoms with E-state index in [4.69, 9.17) is 4.98 Å². The van der Waals surface area contributed by atoms with Gasteiger partial charge in [-0.15, -0.1) is 11.3 Å². The lowest BCUT2D eigenvalue weighted by Gasteiger charge is -2.13. The van der Waals surface area contributed by atoms with Crippen molar-refractivity contribution in [2.45, 2.75) is 12.8 Å². The van der Waals surface area contributed by atoms with Crippen LogP contribution in [0.15, 0.2) is 194 Å². The average Bonchev–Trinajstić information content (AvgIpc) is 4.01. The fourth-order valence-corrected chi connectivity index (χ4v) is 11.8. The second-order valence-electron chi connectivity index (χ2n) is 17.0. The van der Waals surface area contributed by atoms with E-state index in [1.807, 2.05) is 11.3 Å². The highest BCUT2D eigenvalue weighted by Gasteiger charge is 2.21. The van der Waals surface area contributed by atoms with Crippen molar-refractivity contribution in [1.82, 2.24) is 14.1 Å². The number of para-hydroxylation sites is 2. The van der Waals surface area contributed by atoms with Crippen molar-refractivity contribution in [3.05, 3.63) is 206 Å². The number of aryl methyl sites for hydroxylation is 1. The maximum atomic E-state index is 5.16. The third kappa shape index (κ3) is 5.16. The van der Waals surface area contributed by atoms with E-state index in [1.165, 1.54) is 113 Å². The molecule has 3 nitrogen and oxygen atoms in total. The van der Waals surface area contributed by atoms with Crippen LogP contribution in [0.2, 0.25) is 0 Å². The van der Waals surface area contributed by atoms with Gasteiger partial charge in [0.25, 0.3) is 0 Å². The largest absolute Gasteiger partial charge is 0.310 e. The zero-order valence-electron chi connectivity index (χ0n) is 34.2. The van der Waals surface area contributed by atoms with E-state index >= 15 is 0 Å². The third-order valence-corrected chi connectivity index (χ3v) is 14.7. The van der Waals surface area contributed by atoms with E-state index in [9.17, 15) is 0 Å². The smallest absolute Gasteiger partial charge is 0.138 e. The summed E-state index contributed by atoms with van der Waals surface area (Å²) in [7, 11) is 0. The molecule has 294 valence electrons. The number of hydrogen-bond acceptors (Lipinski definition) is 2. The third-order valence-electron chi connectivity index (χ3n) is 13.6. The molecule has 0 radical (unpaired) electrons. The Kier molecular flexibility index (Phi) is 7.39. The number of pyridine rings is 1. The minimum Gasteiger partial charge on any atom is -0.310 e. The maximum absolute atomic E-state index is 5.16. The van der Waals surface area contributed by atoms with Gasteiger partial charge in [0.2, 0.25) is 0 Å². The number of nitrogens with zero attached hydrogens (tertiary/aromatic N) is 3. The Morgan fingerprint density at radius 3 is 1.75 bits per heavy atom. The highest BCUT2D eigenvalue weighted by atomic mass is 32.1. The molecule has 9 aromatic carbocycles. The van der Waals surface area contributed by atoms with Crippen molar-refractivity contribution in [2.75, 3.05) is 0 Å². The summed E-state index contributed by atoms with van der Waals surface area (Å²) < 4.78 is 7.26. The molecule has 13 aromatic rings. The number of rotatable bonds is 4. The van der Waals surface area contributed by atoms with Crippen LogP contribution in [0.4, 0.5) is 0 Å². The number of fused-ring (bicyclic) bond motifs is 15. The molecule has 14 rings (SSSR count). The van der Waals surface area contributed by atoms with Crippen molar-refractivity contribution in [1.29, 1.82) is 0 Å². The van der Waals surface area contributed by atoms with Gasteiger partial charge in [0.1, 0.15) is 5.82 Å². The predicted molar refractivity (Wildman–Crippen MR) is 269 cm³/mol. The number of thiophene rings is 1. The van der Waals surface area contributed by atoms with Crippen LogP contribution in [-0.2, 0) is 6.42 Å². The first-order valence-corrected chi connectivity index (χ1v) is 22.6. The second-order valence-corrected chi connectivity index (χ2v) is 18.1. The summed E-state index contributed by atoms with van der Waals surface area (Å²) in [5.41, 5.74) is 12.3. The van der Waals surface area contributed by atoms with Crippen molar-refractivity contribution in [3.8, 4) is 33.8 Å². The van der Waals surface area contributed by atoms with E-state index in [-0.39, 0.29) is 0 Å². The van der Waals surface area contributed by atoms with Gasteiger partial charge in [-0.1, -0.05) is 127 Å². The fraction of sp³-hybridized carbons (Fsp3) is 0.0339. The van der Waals surface area contributed by atoms with Crippen LogP contribution in [0.1, 0.15) is 17.7 Å². The molecule has 0 aliphatic heterocycles. The Morgan fingerprint density at radius 2 is 0.984 bits per heavy atom. The zero-order chi connectivity index (χ0) is 41.2. The van der Waals surface area contributed by atoms with Crippen molar-refractivity contribution >= 4 is 103 Å². The number of hydrogen-bond donors (Lipinski definition) is 0. The van der Waals surface area contributed by atoms with Gasteiger partial charge in [-0.25, -0.2) is 4.98 Å². The molecule has 63 heavy (non-hydrogen) atoms. The first kappa shape index (κ1) is 34.9. The Labute approximate surface area is 367 Å². The molecule has 0 amide bonds. The van der Waals surface area contributed by atoms with Gasteiger partial charge in [-0.05, 0) is 140 Å². The van der Waals surface area contributed by atoms with Gasteiger partial charge in [-0.2, -0.15) is 0 Å². The van der Waals surface area contributed by atoms with Crippen LogP contribution in [0.3, 0.4) is 0 Å². The van der Waals surface area contributed by atoms with Gasteiger partial charge < -0.3 is 4.57 Å². The predicted octanol–water partition coefficient (Wildman–Crippen LogP) is 16.2. The molecule has 1 aliphatic rings. The Bertz CT molecular complexity index is 4070. The Balaban J connectivity index is 0.884. The lowest BCUT2D eigenvalue weighted by molar-refractivity contribution is 0.968. The molecule has 0 unspecified atom stereocenters.